The number of nitrogens with zero attached hydrogens (tertiary/aromatic N) is 2. The van der Waals surface area contributed by atoms with Crippen LogP contribution >= 0.6 is 0 Å². The van der Waals surface area contributed by atoms with Gasteiger partial charge in [-0.2, -0.15) is 0 Å². The van der Waals surface area contributed by atoms with Crippen molar-refractivity contribution in [3.8, 4) is 0 Å². The number of hydrogen-bond donors (Lipinski definition) is 1. The van der Waals surface area contributed by atoms with Crippen LogP contribution in [0.4, 0.5) is 0 Å². The quantitative estimate of drug-likeness (QED) is 0.544. The minimum Gasteiger partial charge on any atom is -0.347 e. The second-order valence-corrected chi connectivity index (χ2v) is 8.91. The van der Waals surface area contributed by atoms with E-state index in [1.54, 1.807) is 0 Å². The van der Waals surface area contributed by atoms with Gasteiger partial charge in [0.05, 0.1) is 11.7 Å². The molecule has 0 radical (unpaired) electrons. The second-order valence-electron chi connectivity index (χ2n) is 8.91. The van der Waals surface area contributed by atoms with Gasteiger partial charge in [-0.15, -0.1) is 0 Å². The van der Waals surface area contributed by atoms with Crippen molar-refractivity contribution in [2.45, 2.75) is 45.2 Å². The molecule has 1 aliphatic rings. The standard InChI is InChI=1S/C28H33N3O/c1-22-9-7-12-24(19-22)20-31-18-8-13-25(21-31)28(26-14-5-6-17-29-26)30-27(32)16-15-23-10-3-2-4-11-23/h2-7,9-12,14,17,19,25,28H,8,13,15-16,18,20-21H2,1H3,(H,30,32)/t25-,28+/m1/s1. The van der Waals surface area contributed by atoms with Gasteiger partial charge in [0.2, 0.25) is 5.91 Å². The number of piperidine rings is 1. The van der Waals surface area contributed by atoms with Crippen molar-refractivity contribution >= 4 is 5.91 Å². The van der Waals surface area contributed by atoms with Crippen molar-refractivity contribution in [3.05, 3.63) is 101 Å². The first kappa shape index (κ1) is 22.2. The first-order valence-corrected chi connectivity index (χ1v) is 11.7. The summed E-state index contributed by atoms with van der Waals surface area (Å²) < 4.78 is 0. The highest BCUT2D eigenvalue weighted by molar-refractivity contribution is 5.76. The number of aromatic nitrogens is 1. The molecule has 2 atom stereocenters. The summed E-state index contributed by atoms with van der Waals surface area (Å²) in [5.74, 6) is 0.449. The highest BCUT2D eigenvalue weighted by atomic mass is 16.1. The molecule has 1 amide bonds. The average Bonchev–Trinajstić information content (AvgIpc) is 2.83. The van der Waals surface area contributed by atoms with Crippen molar-refractivity contribution in [1.29, 1.82) is 0 Å². The average molecular weight is 428 g/mol. The van der Waals surface area contributed by atoms with E-state index in [4.69, 9.17) is 0 Å². The number of nitrogens with one attached hydrogen (secondary N) is 1. The zero-order valence-electron chi connectivity index (χ0n) is 18.9. The van der Waals surface area contributed by atoms with E-state index in [1.807, 2.05) is 42.6 Å². The van der Waals surface area contributed by atoms with E-state index in [9.17, 15) is 4.79 Å². The third kappa shape index (κ3) is 6.27. The van der Waals surface area contributed by atoms with E-state index in [2.05, 4.69) is 58.5 Å². The van der Waals surface area contributed by atoms with Gasteiger partial charge in [-0.3, -0.25) is 14.7 Å². The number of hydrogen-bond acceptors (Lipinski definition) is 3. The van der Waals surface area contributed by atoms with Crippen molar-refractivity contribution in [2.24, 2.45) is 5.92 Å². The Hall–Kier alpha value is -2.98. The molecule has 0 aliphatic carbocycles. The lowest BCUT2D eigenvalue weighted by molar-refractivity contribution is -0.122. The second kappa shape index (κ2) is 11.1. The van der Waals surface area contributed by atoms with Crippen LogP contribution in [0.2, 0.25) is 0 Å². The van der Waals surface area contributed by atoms with Gasteiger partial charge in [-0.05, 0) is 61.9 Å². The molecule has 0 unspecified atom stereocenters. The number of amides is 1. The van der Waals surface area contributed by atoms with Crippen LogP contribution < -0.4 is 5.32 Å². The van der Waals surface area contributed by atoms with Crippen LogP contribution in [-0.4, -0.2) is 28.9 Å². The molecule has 1 aromatic heterocycles. The van der Waals surface area contributed by atoms with E-state index in [0.717, 1.165) is 44.6 Å². The zero-order valence-corrected chi connectivity index (χ0v) is 18.9. The van der Waals surface area contributed by atoms with Crippen LogP contribution in [0.15, 0.2) is 79.0 Å². The predicted octanol–water partition coefficient (Wildman–Crippen LogP) is 5.09. The Balaban J connectivity index is 1.43. The van der Waals surface area contributed by atoms with Gasteiger partial charge < -0.3 is 5.32 Å². The molecule has 166 valence electrons. The first-order chi connectivity index (χ1) is 15.7. The molecule has 3 aromatic rings. The summed E-state index contributed by atoms with van der Waals surface area (Å²) in [4.78, 5) is 20.0. The number of benzene rings is 2. The van der Waals surface area contributed by atoms with Crippen molar-refractivity contribution in [2.75, 3.05) is 13.1 Å². The van der Waals surface area contributed by atoms with E-state index >= 15 is 0 Å². The van der Waals surface area contributed by atoms with Crippen LogP contribution in [0, 0.1) is 12.8 Å². The minimum atomic E-state index is -0.0558. The van der Waals surface area contributed by atoms with Crippen LogP contribution in [0.3, 0.4) is 0 Å². The molecular formula is C28H33N3O. The Morgan fingerprint density at radius 1 is 1.06 bits per heavy atom. The highest BCUT2D eigenvalue weighted by Crippen LogP contribution is 2.30. The van der Waals surface area contributed by atoms with Crippen molar-refractivity contribution in [3.63, 3.8) is 0 Å². The molecule has 1 N–H and O–H groups in total. The topological polar surface area (TPSA) is 45.2 Å². The van der Waals surface area contributed by atoms with E-state index in [1.165, 1.54) is 16.7 Å². The van der Waals surface area contributed by atoms with Gasteiger partial charge in [0.15, 0.2) is 0 Å². The summed E-state index contributed by atoms with van der Waals surface area (Å²) in [5, 5.41) is 3.34. The molecule has 1 saturated heterocycles. The van der Waals surface area contributed by atoms with E-state index in [-0.39, 0.29) is 11.9 Å². The number of likely N-dealkylation sites (tertiary alicyclic amines) is 1. The Bertz CT molecular complexity index is 990. The lowest BCUT2D eigenvalue weighted by Gasteiger charge is -2.37. The molecule has 1 fully saturated rings. The van der Waals surface area contributed by atoms with Crippen LogP contribution in [0.1, 0.15) is 47.7 Å². The Kier molecular flexibility index (Phi) is 7.68. The summed E-state index contributed by atoms with van der Waals surface area (Å²) in [7, 11) is 0. The molecule has 4 rings (SSSR count). The lowest BCUT2D eigenvalue weighted by Crippen LogP contribution is -2.43. The largest absolute Gasteiger partial charge is 0.347 e. The van der Waals surface area contributed by atoms with E-state index in [0.29, 0.717) is 12.3 Å². The summed E-state index contributed by atoms with van der Waals surface area (Å²) in [5.41, 5.74) is 4.81. The minimum absolute atomic E-state index is 0.0558. The Morgan fingerprint density at radius 2 is 1.88 bits per heavy atom. The summed E-state index contributed by atoms with van der Waals surface area (Å²) >= 11 is 0. The number of rotatable bonds is 8. The van der Waals surface area contributed by atoms with Gasteiger partial charge in [0.1, 0.15) is 0 Å². The summed E-state index contributed by atoms with van der Waals surface area (Å²) in [6, 6.07) is 24.9. The van der Waals surface area contributed by atoms with Crippen LogP contribution in [0.25, 0.3) is 0 Å². The van der Waals surface area contributed by atoms with Gasteiger partial charge in [-0.25, -0.2) is 0 Å². The van der Waals surface area contributed by atoms with E-state index < -0.39 is 0 Å². The van der Waals surface area contributed by atoms with Gasteiger partial charge in [0, 0.05) is 25.7 Å². The molecule has 0 bridgehead atoms. The zero-order chi connectivity index (χ0) is 22.2. The van der Waals surface area contributed by atoms with Crippen molar-refractivity contribution in [1.82, 2.24) is 15.2 Å². The Labute approximate surface area is 191 Å². The number of aryl methyl sites for hydroxylation is 2. The predicted molar refractivity (Wildman–Crippen MR) is 129 cm³/mol. The number of pyridine rings is 1. The normalized spacial score (nSPS) is 17.6. The fraction of sp³-hybridized carbons (Fsp3) is 0.357. The van der Waals surface area contributed by atoms with Crippen LogP contribution in [-0.2, 0) is 17.8 Å². The maximum Gasteiger partial charge on any atom is 0.220 e. The van der Waals surface area contributed by atoms with Gasteiger partial charge >= 0.3 is 0 Å². The molecule has 4 nitrogen and oxygen atoms in total. The molecule has 0 spiro atoms. The van der Waals surface area contributed by atoms with Crippen LogP contribution in [0.5, 0.6) is 0 Å². The molecule has 32 heavy (non-hydrogen) atoms. The summed E-state index contributed by atoms with van der Waals surface area (Å²) in [6.45, 7) is 5.16. The molecule has 4 heteroatoms. The molecule has 1 aliphatic heterocycles. The molecule has 0 saturated carbocycles. The highest BCUT2D eigenvalue weighted by Gasteiger charge is 2.30. The third-order valence-corrected chi connectivity index (χ3v) is 6.31. The van der Waals surface area contributed by atoms with Crippen molar-refractivity contribution < 1.29 is 4.79 Å². The molecule has 2 heterocycles. The maximum atomic E-state index is 12.9. The fourth-order valence-corrected chi connectivity index (χ4v) is 4.72. The smallest absolute Gasteiger partial charge is 0.220 e. The number of carbonyl (C=O) groups is 1. The third-order valence-electron chi connectivity index (χ3n) is 6.31. The Morgan fingerprint density at radius 3 is 2.66 bits per heavy atom. The van der Waals surface area contributed by atoms with Gasteiger partial charge in [0.25, 0.3) is 0 Å². The SMILES string of the molecule is Cc1cccc(CN2CCC[C@@H]([C@H](NC(=O)CCc3ccccc3)c3ccccn3)C2)c1. The fourth-order valence-electron chi connectivity index (χ4n) is 4.72. The maximum absolute atomic E-state index is 12.9. The first-order valence-electron chi connectivity index (χ1n) is 11.7. The monoisotopic (exact) mass is 427 g/mol. The lowest BCUT2D eigenvalue weighted by atomic mass is 9.88. The number of carbonyl (C=O) groups excluding carboxylic acids is 1. The van der Waals surface area contributed by atoms with Gasteiger partial charge in [-0.1, -0.05) is 66.2 Å². The molecule has 2 aromatic carbocycles. The molecular weight excluding hydrogens is 394 g/mol. The summed E-state index contributed by atoms with van der Waals surface area (Å²) in [6.07, 6.45) is 5.31.